The summed E-state index contributed by atoms with van der Waals surface area (Å²) in [7, 11) is 0. The second-order valence-corrected chi connectivity index (χ2v) is 7.35. The summed E-state index contributed by atoms with van der Waals surface area (Å²) in [6.07, 6.45) is 8.56. The van der Waals surface area contributed by atoms with Crippen LogP contribution >= 0.6 is 15.9 Å². The third kappa shape index (κ3) is 2.81. The minimum Gasteiger partial charge on any atom is -0.396 e. The summed E-state index contributed by atoms with van der Waals surface area (Å²) in [5, 5.41) is 13.6. The van der Waals surface area contributed by atoms with E-state index in [9.17, 15) is 5.11 Å². The van der Waals surface area contributed by atoms with Gasteiger partial charge in [0.25, 0.3) is 0 Å². The monoisotopic (exact) mass is 337 g/mol. The largest absolute Gasteiger partial charge is 0.396 e. The van der Waals surface area contributed by atoms with Crippen LogP contribution in [0.2, 0.25) is 0 Å². The second kappa shape index (κ2) is 6.17. The Morgan fingerprint density at radius 2 is 2.05 bits per heavy atom. The standard InChI is InChI=1S/C17H24BrNO/c18-15-6-4-5-14-13(15)7-8-16(14)19-11-17(12-20)9-2-1-3-10-17/h4-6,16,19-20H,1-3,7-12H2. The molecule has 2 nitrogen and oxygen atoms in total. The van der Waals surface area contributed by atoms with E-state index in [2.05, 4.69) is 39.4 Å². The molecule has 2 N–H and O–H groups in total. The Hall–Kier alpha value is -0.380. The Kier molecular flexibility index (Phi) is 4.49. The van der Waals surface area contributed by atoms with Gasteiger partial charge in [0.15, 0.2) is 0 Å². The zero-order chi connectivity index (χ0) is 14.0. The molecular weight excluding hydrogens is 314 g/mol. The van der Waals surface area contributed by atoms with Gasteiger partial charge in [0.2, 0.25) is 0 Å². The molecule has 0 heterocycles. The van der Waals surface area contributed by atoms with Gasteiger partial charge in [0.1, 0.15) is 0 Å². The van der Waals surface area contributed by atoms with Gasteiger partial charge in [-0.2, -0.15) is 0 Å². The number of hydrogen-bond acceptors (Lipinski definition) is 2. The van der Waals surface area contributed by atoms with Crippen LogP contribution in [0.15, 0.2) is 22.7 Å². The smallest absolute Gasteiger partial charge is 0.0499 e. The van der Waals surface area contributed by atoms with Crippen molar-refractivity contribution in [1.82, 2.24) is 5.32 Å². The molecule has 1 aromatic carbocycles. The molecular formula is C17H24BrNO. The summed E-state index contributed by atoms with van der Waals surface area (Å²) in [6, 6.07) is 6.98. The molecule has 0 spiro atoms. The first-order chi connectivity index (χ1) is 9.74. The Balaban J connectivity index is 1.67. The summed E-state index contributed by atoms with van der Waals surface area (Å²) in [6.45, 7) is 1.29. The second-order valence-electron chi connectivity index (χ2n) is 6.50. The first-order valence-electron chi connectivity index (χ1n) is 7.86. The number of benzene rings is 1. The predicted molar refractivity (Wildman–Crippen MR) is 85.8 cm³/mol. The number of nitrogens with one attached hydrogen (secondary N) is 1. The van der Waals surface area contributed by atoms with Crippen LogP contribution in [0.5, 0.6) is 0 Å². The molecule has 20 heavy (non-hydrogen) atoms. The van der Waals surface area contributed by atoms with Crippen LogP contribution in [0.25, 0.3) is 0 Å². The summed E-state index contributed by atoms with van der Waals surface area (Å²) in [4.78, 5) is 0. The average molecular weight is 338 g/mol. The van der Waals surface area contributed by atoms with Crippen molar-refractivity contribution in [3.63, 3.8) is 0 Å². The van der Waals surface area contributed by atoms with Crippen LogP contribution in [-0.2, 0) is 6.42 Å². The van der Waals surface area contributed by atoms with E-state index >= 15 is 0 Å². The first kappa shape index (κ1) is 14.6. The maximum absolute atomic E-state index is 9.81. The van der Waals surface area contributed by atoms with Crippen LogP contribution in [0, 0.1) is 5.41 Å². The molecule has 1 atom stereocenters. The topological polar surface area (TPSA) is 32.3 Å². The zero-order valence-electron chi connectivity index (χ0n) is 12.0. The molecule has 110 valence electrons. The molecule has 0 aliphatic heterocycles. The van der Waals surface area contributed by atoms with Crippen molar-refractivity contribution in [2.75, 3.05) is 13.2 Å². The number of hydrogen-bond donors (Lipinski definition) is 2. The quantitative estimate of drug-likeness (QED) is 0.871. The van der Waals surface area contributed by atoms with E-state index in [4.69, 9.17) is 0 Å². The third-order valence-corrected chi connectivity index (χ3v) is 5.93. The van der Waals surface area contributed by atoms with Gasteiger partial charge in [0, 0.05) is 29.1 Å². The van der Waals surface area contributed by atoms with Crippen molar-refractivity contribution >= 4 is 15.9 Å². The van der Waals surface area contributed by atoms with Gasteiger partial charge in [-0.15, -0.1) is 0 Å². The first-order valence-corrected chi connectivity index (χ1v) is 8.65. The molecule has 0 amide bonds. The number of fused-ring (bicyclic) bond motifs is 1. The maximum Gasteiger partial charge on any atom is 0.0499 e. The van der Waals surface area contributed by atoms with Crippen LogP contribution < -0.4 is 5.32 Å². The predicted octanol–water partition coefficient (Wildman–Crippen LogP) is 3.97. The van der Waals surface area contributed by atoms with Crippen molar-refractivity contribution < 1.29 is 5.11 Å². The molecule has 3 rings (SSSR count). The number of aliphatic hydroxyl groups excluding tert-OH is 1. The lowest BCUT2D eigenvalue weighted by molar-refractivity contribution is 0.0783. The summed E-state index contributed by atoms with van der Waals surface area (Å²) in [5.74, 6) is 0. The summed E-state index contributed by atoms with van der Waals surface area (Å²) >= 11 is 3.66. The Labute approximate surface area is 130 Å². The van der Waals surface area contributed by atoms with Crippen molar-refractivity contribution in [3.05, 3.63) is 33.8 Å². The van der Waals surface area contributed by atoms with Gasteiger partial charge in [-0.25, -0.2) is 0 Å². The van der Waals surface area contributed by atoms with E-state index < -0.39 is 0 Å². The molecule has 2 aliphatic rings. The van der Waals surface area contributed by atoms with Gasteiger partial charge in [-0.3, -0.25) is 0 Å². The molecule has 0 bridgehead atoms. The molecule has 0 aromatic heterocycles. The van der Waals surface area contributed by atoms with E-state index in [-0.39, 0.29) is 5.41 Å². The molecule has 1 saturated carbocycles. The average Bonchev–Trinajstić information content (AvgIpc) is 2.91. The SMILES string of the molecule is OCC1(CNC2CCc3c(Br)cccc32)CCCCC1. The Morgan fingerprint density at radius 3 is 2.80 bits per heavy atom. The highest BCUT2D eigenvalue weighted by Crippen LogP contribution is 2.39. The summed E-state index contributed by atoms with van der Waals surface area (Å²) in [5.41, 5.74) is 3.04. The van der Waals surface area contributed by atoms with Gasteiger partial charge in [0.05, 0.1) is 0 Å². The van der Waals surface area contributed by atoms with E-state index in [1.54, 1.807) is 0 Å². The lowest BCUT2D eigenvalue weighted by Crippen LogP contribution is -2.40. The van der Waals surface area contributed by atoms with Gasteiger partial charge >= 0.3 is 0 Å². The van der Waals surface area contributed by atoms with Crippen LogP contribution in [0.4, 0.5) is 0 Å². The fourth-order valence-corrected chi connectivity index (χ4v) is 4.43. The van der Waals surface area contributed by atoms with Crippen LogP contribution in [-0.4, -0.2) is 18.3 Å². The van der Waals surface area contributed by atoms with Crippen molar-refractivity contribution in [3.8, 4) is 0 Å². The van der Waals surface area contributed by atoms with Crippen LogP contribution in [0.1, 0.15) is 55.7 Å². The fraction of sp³-hybridized carbons (Fsp3) is 0.647. The maximum atomic E-state index is 9.81. The molecule has 1 fully saturated rings. The van der Waals surface area contributed by atoms with E-state index in [1.165, 1.54) is 54.1 Å². The molecule has 3 heteroatoms. The van der Waals surface area contributed by atoms with Crippen molar-refractivity contribution in [1.29, 1.82) is 0 Å². The molecule has 2 aliphatic carbocycles. The molecule has 0 saturated heterocycles. The highest BCUT2D eigenvalue weighted by molar-refractivity contribution is 9.10. The Bertz CT molecular complexity index is 468. The van der Waals surface area contributed by atoms with Crippen LogP contribution in [0.3, 0.4) is 0 Å². The molecule has 1 unspecified atom stereocenters. The number of rotatable bonds is 4. The number of halogens is 1. The van der Waals surface area contributed by atoms with Crippen molar-refractivity contribution in [2.24, 2.45) is 5.41 Å². The van der Waals surface area contributed by atoms with E-state index in [0.717, 1.165) is 13.0 Å². The zero-order valence-corrected chi connectivity index (χ0v) is 13.6. The molecule has 1 aromatic rings. The van der Waals surface area contributed by atoms with Gasteiger partial charge in [-0.05, 0) is 42.9 Å². The number of aliphatic hydroxyl groups is 1. The fourth-order valence-electron chi connectivity index (χ4n) is 3.85. The Morgan fingerprint density at radius 1 is 1.25 bits per heavy atom. The summed E-state index contributed by atoms with van der Waals surface area (Å²) < 4.78 is 1.24. The van der Waals surface area contributed by atoms with E-state index in [0.29, 0.717) is 12.6 Å². The highest BCUT2D eigenvalue weighted by atomic mass is 79.9. The third-order valence-electron chi connectivity index (χ3n) is 5.19. The van der Waals surface area contributed by atoms with E-state index in [1.807, 2.05) is 0 Å². The highest BCUT2D eigenvalue weighted by Gasteiger charge is 2.33. The lowest BCUT2D eigenvalue weighted by atomic mass is 9.74. The molecule has 0 radical (unpaired) electrons. The lowest BCUT2D eigenvalue weighted by Gasteiger charge is -2.36. The minimum absolute atomic E-state index is 0.132. The van der Waals surface area contributed by atoms with Gasteiger partial charge in [-0.1, -0.05) is 47.3 Å². The minimum atomic E-state index is 0.132. The van der Waals surface area contributed by atoms with Gasteiger partial charge < -0.3 is 10.4 Å². The normalized spacial score (nSPS) is 24.6. The van der Waals surface area contributed by atoms with Crippen molar-refractivity contribution in [2.45, 2.75) is 51.0 Å².